The third kappa shape index (κ3) is 4.71. The molecule has 24 heavy (non-hydrogen) atoms. The summed E-state index contributed by atoms with van der Waals surface area (Å²) in [5.41, 5.74) is 0.949. The van der Waals surface area contributed by atoms with Crippen LogP contribution in [0.15, 0.2) is 24.3 Å². The molecule has 0 aromatic heterocycles. The normalized spacial score (nSPS) is 16.9. The van der Waals surface area contributed by atoms with Crippen molar-refractivity contribution in [2.45, 2.75) is 38.8 Å². The maximum atomic E-state index is 12.1. The molecule has 1 aliphatic heterocycles. The minimum Gasteiger partial charge on any atom is -0.480 e. The first-order valence-electron chi connectivity index (χ1n) is 7.91. The van der Waals surface area contributed by atoms with Crippen LogP contribution in [0.25, 0.3) is 0 Å². The molecule has 130 valence electrons. The van der Waals surface area contributed by atoms with Crippen LogP contribution in [-0.2, 0) is 20.8 Å². The Morgan fingerprint density at radius 3 is 2.62 bits per heavy atom. The average Bonchev–Trinajstić information content (AvgIpc) is 2.95. The minimum absolute atomic E-state index is 0.131. The average molecular weight is 334 g/mol. The van der Waals surface area contributed by atoms with Crippen LogP contribution in [0.3, 0.4) is 0 Å². The number of carbonyl (C=O) groups excluding carboxylic acids is 2. The van der Waals surface area contributed by atoms with Gasteiger partial charge in [0.15, 0.2) is 6.10 Å². The number of carboxylic acid groups (broad SMARTS) is 1. The Morgan fingerprint density at radius 1 is 1.29 bits per heavy atom. The number of carbonyl (C=O) groups is 3. The number of rotatable bonds is 7. The van der Waals surface area contributed by atoms with Gasteiger partial charge >= 0.3 is 5.97 Å². The van der Waals surface area contributed by atoms with Crippen molar-refractivity contribution in [1.82, 2.24) is 10.6 Å². The van der Waals surface area contributed by atoms with Crippen LogP contribution in [-0.4, -0.2) is 41.6 Å². The molecule has 0 fully saturated rings. The van der Waals surface area contributed by atoms with E-state index in [0.29, 0.717) is 18.6 Å². The van der Waals surface area contributed by atoms with E-state index in [1.165, 1.54) is 0 Å². The van der Waals surface area contributed by atoms with Gasteiger partial charge in [0.1, 0.15) is 11.8 Å². The van der Waals surface area contributed by atoms with Gasteiger partial charge in [-0.3, -0.25) is 9.59 Å². The van der Waals surface area contributed by atoms with E-state index < -0.39 is 29.9 Å². The summed E-state index contributed by atoms with van der Waals surface area (Å²) in [7, 11) is 0. The molecule has 1 aromatic rings. The molecule has 0 spiro atoms. The highest BCUT2D eigenvalue weighted by molar-refractivity contribution is 5.89. The molecule has 0 bridgehead atoms. The molecule has 2 amide bonds. The van der Waals surface area contributed by atoms with Crippen LogP contribution in [0.1, 0.15) is 25.8 Å². The van der Waals surface area contributed by atoms with Crippen molar-refractivity contribution in [3.8, 4) is 5.75 Å². The predicted molar refractivity (Wildman–Crippen MR) is 86.6 cm³/mol. The number of hydrogen-bond acceptors (Lipinski definition) is 4. The molecule has 1 heterocycles. The molecule has 2 atom stereocenters. The smallest absolute Gasteiger partial charge is 0.326 e. The summed E-state index contributed by atoms with van der Waals surface area (Å²) in [6, 6.07) is 6.42. The standard InChI is InChI=1S/C17H22N2O5/c1-10(2)7-12(17(22)23)19-15(20)9-18-16(21)14-8-11-5-3-4-6-13(11)24-14/h3-6,10,12,14H,7-9H2,1-2H3,(H,18,21)(H,19,20)(H,22,23)/t12-,14?/m0/s1. The number of benzene rings is 1. The number of aliphatic carboxylic acids is 1. The van der Waals surface area contributed by atoms with Crippen molar-refractivity contribution in [1.29, 1.82) is 0 Å². The summed E-state index contributed by atoms with van der Waals surface area (Å²) in [4.78, 5) is 35.1. The first kappa shape index (κ1) is 17.8. The third-order valence-electron chi connectivity index (χ3n) is 3.70. The number of para-hydroxylation sites is 1. The Hall–Kier alpha value is -2.57. The van der Waals surface area contributed by atoms with Crippen LogP contribution >= 0.6 is 0 Å². The summed E-state index contributed by atoms with van der Waals surface area (Å²) in [6.45, 7) is 3.47. The molecule has 2 rings (SSSR count). The summed E-state index contributed by atoms with van der Waals surface area (Å²) < 4.78 is 5.54. The highest BCUT2D eigenvalue weighted by atomic mass is 16.5. The van der Waals surface area contributed by atoms with Gasteiger partial charge in [0, 0.05) is 6.42 Å². The largest absolute Gasteiger partial charge is 0.480 e. The molecule has 1 aliphatic rings. The summed E-state index contributed by atoms with van der Waals surface area (Å²) in [5.74, 6) is -1.21. The topological polar surface area (TPSA) is 105 Å². The molecule has 0 aliphatic carbocycles. The summed E-state index contributed by atoms with van der Waals surface area (Å²) in [6.07, 6.45) is 0.117. The van der Waals surface area contributed by atoms with Crippen LogP contribution < -0.4 is 15.4 Å². The molecular weight excluding hydrogens is 312 g/mol. The Bertz CT molecular complexity index is 604. The van der Waals surface area contributed by atoms with Crippen molar-refractivity contribution in [2.75, 3.05) is 6.54 Å². The number of hydrogen-bond donors (Lipinski definition) is 3. The van der Waals surface area contributed by atoms with Crippen molar-refractivity contribution < 1.29 is 24.2 Å². The van der Waals surface area contributed by atoms with E-state index in [-0.39, 0.29) is 12.5 Å². The van der Waals surface area contributed by atoms with Gasteiger partial charge in [-0.1, -0.05) is 32.0 Å². The van der Waals surface area contributed by atoms with E-state index in [4.69, 9.17) is 9.84 Å². The van der Waals surface area contributed by atoms with Crippen LogP contribution in [0.2, 0.25) is 0 Å². The molecule has 3 N–H and O–H groups in total. The summed E-state index contributed by atoms with van der Waals surface area (Å²) in [5, 5.41) is 14.0. The Morgan fingerprint density at radius 2 is 2.00 bits per heavy atom. The van der Waals surface area contributed by atoms with Crippen LogP contribution in [0, 0.1) is 5.92 Å². The zero-order valence-electron chi connectivity index (χ0n) is 13.7. The quantitative estimate of drug-likeness (QED) is 0.681. The molecule has 7 heteroatoms. The zero-order valence-corrected chi connectivity index (χ0v) is 13.7. The van der Waals surface area contributed by atoms with E-state index in [2.05, 4.69) is 10.6 Å². The lowest BCUT2D eigenvalue weighted by Crippen LogP contribution is -2.48. The second-order valence-electron chi connectivity index (χ2n) is 6.22. The molecule has 1 unspecified atom stereocenters. The minimum atomic E-state index is -1.09. The maximum Gasteiger partial charge on any atom is 0.326 e. The Balaban J connectivity index is 1.79. The van der Waals surface area contributed by atoms with Gasteiger partial charge in [0.25, 0.3) is 5.91 Å². The predicted octanol–water partition coefficient (Wildman–Crippen LogP) is 0.722. The van der Waals surface area contributed by atoms with Gasteiger partial charge < -0.3 is 20.5 Å². The van der Waals surface area contributed by atoms with Crippen LogP contribution in [0.4, 0.5) is 0 Å². The fourth-order valence-electron chi connectivity index (χ4n) is 2.55. The Labute approximate surface area is 140 Å². The van der Waals surface area contributed by atoms with Crippen LogP contribution in [0.5, 0.6) is 5.75 Å². The number of nitrogens with one attached hydrogen (secondary N) is 2. The summed E-state index contributed by atoms with van der Waals surface area (Å²) >= 11 is 0. The molecule has 0 saturated carbocycles. The van der Waals surface area contributed by atoms with E-state index in [9.17, 15) is 14.4 Å². The highest BCUT2D eigenvalue weighted by Crippen LogP contribution is 2.27. The third-order valence-corrected chi connectivity index (χ3v) is 3.70. The maximum absolute atomic E-state index is 12.1. The molecule has 0 radical (unpaired) electrons. The van der Waals surface area contributed by atoms with Crippen molar-refractivity contribution in [3.63, 3.8) is 0 Å². The number of amides is 2. The van der Waals surface area contributed by atoms with Gasteiger partial charge in [0.2, 0.25) is 5.91 Å². The van der Waals surface area contributed by atoms with Crippen molar-refractivity contribution >= 4 is 17.8 Å². The molecule has 1 aromatic carbocycles. The van der Waals surface area contributed by atoms with E-state index in [1.54, 1.807) is 6.07 Å². The monoisotopic (exact) mass is 334 g/mol. The molecular formula is C17H22N2O5. The van der Waals surface area contributed by atoms with Crippen molar-refractivity contribution in [2.24, 2.45) is 5.92 Å². The fourth-order valence-corrected chi connectivity index (χ4v) is 2.55. The van der Waals surface area contributed by atoms with Gasteiger partial charge in [-0.2, -0.15) is 0 Å². The number of ether oxygens (including phenoxy) is 1. The van der Waals surface area contributed by atoms with Gasteiger partial charge in [-0.25, -0.2) is 4.79 Å². The fraction of sp³-hybridized carbons (Fsp3) is 0.471. The lowest BCUT2D eigenvalue weighted by Gasteiger charge is -2.17. The SMILES string of the molecule is CC(C)C[C@H](NC(=O)CNC(=O)C1Cc2ccccc2O1)C(=O)O. The Kier molecular flexibility index (Phi) is 5.78. The number of carboxylic acids is 1. The first-order valence-corrected chi connectivity index (χ1v) is 7.91. The molecule has 7 nitrogen and oxygen atoms in total. The first-order chi connectivity index (χ1) is 11.4. The van der Waals surface area contributed by atoms with Gasteiger partial charge in [0.05, 0.1) is 6.54 Å². The van der Waals surface area contributed by atoms with Gasteiger partial charge in [-0.05, 0) is 24.0 Å². The molecule has 0 saturated heterocycles. The van der Waals surface area contributed by atoms with E-state index in [0.717, 1.165) is 5.56 Å². The van der Waals surface area contributed by atoms with E-state index in [1.807, 2.05) is 32.0 Å². The van der Waals surface area contributed by atoms with Crippen molar-refractivity contribution in [3.05, 3.63) is 29.8 Å². The lowest BCUT2D eigenvalue weighted by molar-refractivity contribution is -0.142. The second kappa shape index (κ2) is 7.81. The van der Waals surface area contributed by atoms with Gasteiger partial charge in [-0.15, -0.1) is 0 Å². The lowest BCUT2D eigenvalue weighted by atomic mass is 10.0. The second-order valence-corrected chi connectivity index (χ2v) is 6.22. The van der Waals surface area contributed by atoms with E-state index >= 15 is 0 Å². The number of fused-ring (bicyclic) bond motifs is 1. The zero-order chi connectivity index (χ0) is 17.7. The highest BCUT2D eigenvalue weighted by Gasteiger charge is 2.29.